The number of aliphatic carboxylic acids is 1. The van der Waals surface area contributed by atoms with Gasteiger partial charge in [0.05, 0.1) is 5.92 Å². The molecule has 0 heterocycles. The molecule has 25 heavy (non-hydrogen) atoms. The molecule has 3 aliphatic rings. The minimum Gasteiger partial charge on any atom is -0.481 e. The summed E-state index contributed by atoms with van der Waals surface area (Å²) < 4.78 is 0. The Bertz CT molecular complexity index is 913. The second-order valence-corrected chi connectivity index (χ2v) is 7.01. The number of benzene rings is 3. The highest BCUT2D eigenvalue weighted by Crippen LogP contribution is 2.61. The van der Waals surface area contributed by atoms with Crippen LogP contribution in [0.25, 0.3) is 0 Å². The maximum Gasteiger partial charge on any atom is 0.308 e. The summed E-state index contributed by atoms with van der Waals surface area (Å²) in [7, 11) is 0. The van der Waals surface area contributed by atoms with Crippen LogP contribution in [-0.2, 0) is 4.79 Å². The number of carbonyl (C=O) groups is 1. The molecule has 0 saturated heterocycles. The summed E-state index contributed by atoms with van der Waals surface area (Å²) in [6.07, 6.45) is 0. The summed E-state index contributed by atoms with van der Waals surface area (Å²) in [6.45, 7) is 0. The van der Waals surface area contributed by atoms with Gasteiger partial charge in [0.15, 0.2) is 0 Å². The Morgan fingerprint density at radius 1 is 0.640 bits per heavy atom. The molecule has 2 atom stereocenters. The van der Waals surface area contributed by atoms with Crippen LogP contribution in [0.3, 0.4) is 0 Å². The highest BCUT2D eigenvalue weighted by atomic mass is 16.4. The molecule has 3 aromatic carbocycles. The summed E-state index contributed by atoms with van der Waals surface area (Å²) in [5, 5.41) is 10.1. The van der Waals surface area contributed by atoms with Gasteiger partial charge in [-0.1, -0.05) is 78.9 Å². The molecule has 0 aromatic heterocycles. The fourth-order valence-corrected chi connectivity index (χ4v) is 5.05. The molecule has 2 heteroatoms. The lowest BCUT2D eigenvalue weighted by atomic mass is 9.53. The van der Waals surface area contributed by atoms with Gasteiger partial charge in [-0.15, -0.1) is 0 Å². The van der Waals surface area contributed by atoms with E-state index < -0.39 is 11.9 Å². The van der Waals surface area contributed by atoms with Crippen molar-refractivity contribution < 1.29 is 9.90 Å². The zero-order valence-electron chi connectivity index (χ0n) is 13.7. The molecule has 0 spiro atoms. The zero-order valence-corrected chi connectivity index (χ0v) is 13.7. The van der Waals surface area contributed by atoms with Crippen molar-refractivity contribution in [2.24, 2.45) is 5.92 Å². The van der Waals surface area contributed by atoms with E-state index in [1.165, 1.54) is 22.3 Å². The first kappa shape index (κ1) is 14.5. The Morgan fingerprint density at radius 3 is 1.56 bits per heavy atom. The summed E-state index contributed by atoms with van der Waals surface area (Å²) in [5.41, 5.74) is 6.07. The molecule has 6 rings (SSSR count). The van der Waals surface area contributed by atoms with Crippen molar-refractivity contribution in [3.63, 3.8) is 0 Å². The average molecular weight is 326 g/mol. The predicted octanol–water partition coefficient (Wildman–Crippen LogP) is 4.76. The van der Waals surface area contributed by atoms with Gasteiger partial charge in [-0.3, -0.25) is 4.79 Å². The number of carboxylic acid groups (broad SMARTS) is 1. The van der Waals surface area contributed by atoms with E-state index in [0.717, 1.165) is 5.56 Å². The maximum atomic E-state index is 12.3. The number of fused-ring (bicyclic) bond motifs is 1. The lowest BCUT2D eigenvalue weighted by Gasteiger charge is -2.49. The number of hydrogen-bond acceptors (Lipinski definition) is 1. The normalized spacial score (nSPS) is 25.9. The smallest absolute Gasteiger partial charge is 0.308 e. The second-order valence-electron chi connectivity index (χ2n) is 7.01. The first-order valence-electron chi connectivity index (χ1n) is 8.73. The van der Waals surface area contributed by atoms with Crippen molar-refractivity contribution in [3.05, 3.63) is 107 Å². The van der Waals surface area contributed by atoms with Crippen LogP contribution in [0, 0.1) is 5.92 Å². The van der Waals surface area contributed by atoms with Crippen molar-refractivity contribution in [1.82, 2.24) is 0 Å². The lowest BCUT2D eigenvalue weighted by Crippen LogP contribution is -2.42. The van der Waals surface area contributed by atoms with Crippen LogP contribution in [0.15, 0.2) is 78.9 Å². The van der Waals surface area contributed by atoms with Gasteiger partial charge in [-0.05, 0) is 27.8 Å². The van der Waals surface area contributed by atoms with Crippen LogP contribution in [0.1, 0.15) is 45.6 Å². The summed E-state index contributed by atoms with van der Waals surface area (Å²) in [4.78, 5) is 12.3. The number of rotatable bonds is 2. The van der Waals surface area contributed by atoms with E-state index in [1.54, 1.807) is 0 Å². The summed E-state index contributed by atoms with van der Waals surface area (Å²) in [5.74, 6) is -1.15. The Labute approximate surface area is 146 Å². The van der Waals surface area contributed by atoms with Crippen LogP contribution in [0.4, 0.5) is 0 Å². The van der Waals surface area contributed by atoms with Crippen LogP contribution in [-0.4, -0.2) is 11.1 Å². The molecule has 3 aliphatic carbocycles. The van der Waals surface area contributed by atoms with Crippen molar-refractivity contribution in [2.75, 3.05) is 0 Å². The van der Waals surface area contributed by atoms with Gasteiger partial charge in [0.2, 0.25) is 0 Å². The second kappa shape index (κ2) is 5.32. The molecule has 0 aliphatic heterocycles. The highest BCUT2D eigenvalue weighted by molar-refractivity contribution is 5.78. The molecular formula is C23H18O2. The third-order valence-corrected chi connectivity index (χ3v) is 5.91. The fraction of sp³-hybridized carbons (Fsp3) is 0.174. The molecule has 1 N–H and O–H groups in total. The summed E-state index contributed by atoms with van der Waals surface area (Å²) in [6, 6.07) is 26.9. The van der Waals surface area contributed by atoms with Crippen molar-refractivity contribution in [3.8, 4) is 0 Å². The van der Waals surface area contributed by atoms with E-state index >= 15 is 0 Å². The Kier molecular flexibility index (Phi) is 3.08. The van der Waals surface area contributed by atoms with Crippen LogP contribution in [0.2, 0.25) is 0 Å². The topological polar surface area (TPSA) is 37.3 Å². The summed E-state index contributed by atoms with van der Waals surface area (Å²) >= 11 is 0. The highest BCUT2D eigenvalue weighted by Gasteiger charge is 2.52. The van der Waals surface area contributed by atoms with Gasteiger partial charge in [0.1, 0.15) is 0 Å². The Balaban J connectivity index is 1.83. The molecule has 122 valence electrons. The van der Waals surface area contributed by atoms with Gasteiger partial charge < -0.3 is 5.11 Å². The van der Waals surface area contributed by atoms with Gasteiger partial charge in [-0.25, -0.2) is 0 Å². The Morgan fingerprint density at radius 2 is 1.08 bits per heavy atom. The van der Waals surface area contributed by atoms with E-state index in [0.29, 0.717) is 0 Å². The average Bonchev–Trinajstić information content (AvgIpc) is 2.68. The molecule has 3 aromatic rings. The van der Waals surface area contributed by atoms with E-state index in [4.69, 9.17) is 0 Å². The van der Waals surface area contributed by atoms with E-state index in [-0.39, 0.29) is 17.8 Å². The van der Waals surface area contributed by atoms with Crippen molar-refractivity contribution >= 4 is 5.97 Å². The predicted molar refractivity (Wildman–Crippen MR) is 96.9 cm³/mol. The first-order chi connectivity index (χ1) is 12.3. The standard InChI is InChI=1S/C23H18O2/c24-23(25)22-19(14-8-2-1-3-9-14)20-15-10-4-6-12-17(15)21(22)18-13-7-5-11-16(18)20/h1-13,19-22H,(H,24,25)/t19-,20?,21?,22+/m0/s1. The minimum atomic E-state index is -0.701. The molecule has 0 radical (unpaired) electrons. The van der Waals surface area contributed by atoms with E-state index in [2.05, 4.69) is 48.5 Å². The van der Waals surface area contributed by atoms with E-state index in [1.807, 2.05) is 30.3 Å². The van der Waals surface area contributed by atoms with Gasteiger partial charge >= 0.3 is 5.97 Å². The molecule has 2 nitrogen and oxygen atoms in total. The van der Waals surface area contributed by atoms with Crippen LogP contribution < -0.4 is 0 Å². The molecule has 0 saturated carbocycles. The van der Waals surface area contributed by atoms with Crippen molar-refractivity contribution in [2.45, 2.75) is 17.8 Å². The van der Waals surface area contributed by atoms with E-state index in [9.17, 15) is 9.90 Å². The van der Waals surface area contributed by atoms with Gasteiger partial charge in [-0.2, -0.15) is 0 Å². The largest absolute Gasteiger partial charge is 0.481 e. The number of carboxylic acids is 1. The first-order valence-corrected chi connectivity index (χ1v) is 8.73. The molecule has 0 unspecified atom stereocenters. The zero-order chi connectivity index (χ0) is 17.0. The molecular weight excluding hydrogens is 308 g/mol. The van der Waals surface area contributed by atoms with Crippen LogP contribution >= 0.6 is 0 Å². The quantitative estimate of drug-likeness (QED) is 0.737. The molecule has 0 amide bonds. The lowest BCUT2D eigenvalue weighted by molar-refractivity contribution is -0.143. The maximum absolute atomic E-state index is 12.3. The monoisotopic (exact) mass is 326 g/mol. The third-order valence-electron chi connectivity index (χ3n) is 5.91. The van der Waals surface area contributed by atoms with Gasteiger partial charge in [0, 0.05) is 17.8 Å². The van der Waals surface area contributed by atoms with Crippen LogP contribution in [0.5, 0.6) is 0 Å². The SMILES string of the molecule is O=C(O)[C@H]1C2c3ccccc3C(c3ccccc32)[C@@H]1c1ccccc1. The van der Waals surface area contributed by atoms with Crippen molar-refractivity contribution in [1.29, 1.82) is 0 Å². The molecule has 2 bridgehead atoms. The third kappa shape index (κ3) is 1.94. The number of hydrogen-bond donors (Lipinski definition) is 1. The minimum absolute atomic E-state index is 0.0338. The van der Waals surface area contributed by atoms with Gasteiger partial charge in [0.25, 0.3) is 0 Å². The Hall–Kier alpha value is -2.87. The fourth-order valence-electron chi connectivity index (χ4n) is 5.05. The molecule has 0 fully saturated rings.